The Balaban J connectivity index is 1.91. The molecular formula is C13H9BrF3N3O3. The SMILES string of the molecule is O=C(NNC(=O)c1ccc(Br)o1)Nc1cccc(C(F)(F)F)c1. The van der Waals surface area contributed by atoms with Gasteiger partial charge < -0.3 is 9.73 Å². The Labute approximate surface area is 136 Å². The van der Waals surface area contributed by atoms with E-state index in [9.17, 15) is 22.8 Å². The van der Waals surface area contributed by atoms with Crippen molar-refractivity contribution in [2.75, 3.05) is 5.32 Å². The van der Waals surface area contributed by atoms with Crippen LogP contribution in [-0.2, 0) is 6.18 Å². The number of nitrogens with one attached hydrogen (secondary N) is 3. The van der Waals surface area contributed by atoms with Crippen LogP contribution in [0.2, 0.25) is 0 Å². The third-order valence-electron chi connectivity index (χ3n) is 2.53. The third kappa shape index (κ3) is 4.74. The van der Waals surface area contributed by atoms with E-state index in [1.54, 1.807) is 0 Å². The van der Waals surface area contributed by atoms with Crippen molar-refractivity contribution in [2.45, 2.75) is 6.18 Å². The molecule has 0 atom stereocenters. The van der Waals surface area contributed by atoms with Crippen molar-refractivity contribution in [3.05, 3.63) is 52.4 Å². The molecule has 0 unspecified atom stereocenters. The summed E-state index contributed by atoms with van der Waals surface area (Å²) in [7, 11) is 0. The first-order valence-corrected chi connectivity index (χ1v) is 6.85. The molecule has 1 aromatic heterocycles. The van der Waals surface area contributed by atoms with Crippen LogP contribution < -0.4 is 16.2 Å². The fraction of sp³-hybridized carbons (Fsp3) is 0.0769. The second-order valence-electron chi connectivity index (χ2n) is 4.22. The number of carbonyl (C=O) groups is 2. The summed E-state index contributed by atoms with van der Waals surface area (Å²) < 4.78 is 42.9. The zero-order chi connectivity index (χ0) is 17.0. The third-order valence-corrected chi connectivity index (χ3v) is 2.96. The summed E-state index contributed by atoms with van der Waals surface area (Å²) in [5, 5.41) is 2.16. The molecule has 3 N–H and O–H groups in total. The van der Waals surface area contributed by atoms with Gasteiger partial charge in [-0.25, -0.2) is 10.2 Å². The van der Waals surface area contributed by atoms with Crippen LogP contribution >= 0.6 is 15.9 Å². The number of hydrogen-bond acceptors (Lipinski definition) is 3. The largest absolute Gasteiger partial charge is 0.444 e. The predicted octanol–water partition coefficient (Wildman–Crippen LogP) is 3.53. The number of anilines is 1. The Kier molecular flexibility index (Phi) is 4.94. The molecule has 2 rings (SSSR count). The van der Waals surface area contributed by atoms with E-state index in [4.69, 9.17) is 4.42 Å². The second kappa shape index (κ2) is 6.73. The van der Waals surface area contributed by atoms with Gasteiger partial charge in [-0.05, 0) is 46.3 Å². The number of urea groups is 1. The van der Waals surface area contributed by atoms with E-state index in [-0.39, 0.29) is 11.4 Å². The van der Waals surface area contributed by atoms with E-state index < -0.39 is 23.7 Å². The fourth-order valence-corrected chi connectivity index (χ4v) is 1.85. The molecule has 3 amide bonds. The maximum Gasteiger partial charge on any atom is 0.416 e. The molecule has 1 heterocycles. The van der Waals surface area contributed by atoms with E-state index in [1.807, 2.05) is 10.9 Å². The van der Waals surface area contributed by atoms with Crippen LogP contribution in [0.4, 0.5) is 23.7 Å². The monoisotopic (exact) mass is 391 g/mol. The molecule has 0 bridgehead atoms. The van der Waals surface area contributed by atoms with Crippen molar-refractivity contribution in [1.82, 2.24) is 10.9 Å². The first kappa shape index (κ1) is 16.9. The van der Waals surface area contributed by atoms with Gasteiger partial charge >= 0.3 is 18.1 Å². The molecule has 0 spiro atoms. The minimum Gasteiger partial charge on any atom is -0.444 e. The van der Waals surface area contributed by atoms with Gasteiger partial charge in [-0.15, -0.1) is 0 Å². The van der Waals surface area contributed by atoms with Crippen LogP contribution in [0.15, 0.2) is 45.5 Å². The maximum atomic E-state index is 12.5. The number of alkyl halides is 3. The lowest BCUT2D eigenvalue weighted by Gasteiger charge is -2.10. The van der Waals surface area contributed by atoms with Crippen LogP contribution in [0.1, 0.15) is 16.1 Å². The lowest BCUT2D eigenvalue weighted by molar-refractivity contribution is -0.137. The maximum absolute atomic E-state index is 12.5. The van der Waals surface area contributed by atoms with Crippen molar-refractivity contribution < 1.29 is 27.2 Å². The van der Waals surface area contributed by atoms with Gasteiger partial charge in [-0.1, -0.05) is 6.07 Å². The zero-order valence-electron chi connectivity index (χ0n) is 11.2. The van der Waals surface area contributed by atoms with Crippen molar-refractivity contribution >= 4 is 33.6 Å². The molecule has 6 nitrogen and oxygen atoms in total. The highest BCUT2D eigenvalue weighted by atomic mass is 79.9. The summed E-state index contributed by atoms with van der Waals surface area (Å²) in [6.07, 6.45) is -4.52. The smallest absolute Gasteiger partial charge is 0.416 e. The molecule has 0 fully saturated rings. The van der Waals surface area contributed by atoms with Crippen molar-refractivity contribution in [2.24, 2.45) is 0 Å². The fourth-order valence-electron chi connectivity index (χ4n) is 1.55. The van der Waals surface area contributed by atoms with E-state index in [1.165, 1.54) is 18.2 Å². The second-order valence-corrected chi connectivity index (χ2v) is 5.00. The number of hydrazine groups is 1. The Morgan fingerprint density at radius 1 is 1.09 bits per heavy atom. The Bertz CT molecular complexity index is 730. The van der Waals surface area contributed by atoms with Crippen molar-refractivity contribution in [1.29, 1.82) is 0 Å². The van der Waals surface area contributed by atoms with Crippen LogP contribution in [0, 0.1) is 0 Å². The molecule has 0 saturated heterocycles. The summed E-state index contributed by atoms with van der Waals surface area (Å²) >= 11 is 3.01. The molecule has 0 saturated carbocycles. The molecule has 122 valence electrons. The van der Waals surface area contributed by atoms with Gasteiger partial charge in [0.25, 0.3) is 0 Å². The molecule has 10 heteroatoms. The minimum absolute atomic E-state index is 0.0590. The van der Waals surface area contributed by atoms with Crippen LogP contribution in [-0.4, -0.2) is 11.9 Å². The number of amides is 3. The van der Waals surface area contributed by atoms with Gasteiger partial charge in [-0.3, -0.25) is 10.2 Å². The van der Waals surface area contributed by atoms with Gasteiger partial charge in [0, 0.05) is 5.69 Å². The predicted molar refractivity (Wildman–Crippen MR) is 77.5 cm³/mol. The molecule has 0 aliphatic carbocycles. The average molecular weight is 392 g/mol. The van der Waals surface area contributed by atoms with E-state index in [2.05, 4.69) is 21.2 Å². The van der Waals surface area contributed by atoms with Crippen molar-refractivity contribution in [3.63, 3.8) is 0 Å². The topological polar surface area (TPSA) is 83.4 Å². The number of halogens is 4. The normalized spacial score (nSPS) is 11.0. The number of hydrogen-bond donors (Lipinski definition) is 3. The summed E-state index contributed by atoms with van der Waals surface area (Å²) in [5.74, 6) is -0.786. The average Bonchev–Trinajstić information content (AvgIpc) is 2.91. The number of benzene rings is 1. The lowest BCUT2D eigenvalue weighted by atomic mass is 10.2. The van der Waals surface area contributed by atoms with E-state index >= 15 is 0 Å². The first-order valence-electron chi connectivity index (χ1n) is 6.05. The van der Waals surface area contributed by atoms with Gasteiger partial charge in [0.1, 0.15) is 0 Å². The highest BCUT2D eigenvalue weighted by molar-refractivity contribution is 9.10. The zero-order valence-corrected chi connectivity index (χ0v) is 12.8. The molecule has 2 aromatic rings. The van der Waals surface area contributed by atoms with Crippen molar-refractivity contribution in [3.8, 4) is 0 Å². The van der Waals surface area contributed by atoms with Gasteiger partial charge in [0.05, 0.1) is 5.56 Å². The van der Waals surface area contributed by atoms with Crippen LogP contribution in [0.5, 0.6) is 0 Å². The first-order chi connectivity index (χ1) is 10.8. The van der Waals surface area contributed by atoms with E-state index in [0.29, 0.717) is 4.67 Å². The molecule has 0 radical (unpaired) electrons. The number of rotatable bonds is 2. The molecule has 23 heavy (non-hydrogen) atoms. The Morgan fingerprint density at radius 3 is 2.43 bits per heavy atom. The quantitative estimate of drug-likeness (QED) is 0.684. The molecule has 1 aromatic carbocycles. The molecule has 0 aliphatic heterocycles. The number of furan rings is 1. The van der Waals surface area contributed by atoms with Crippen LogP contribution in [0.25, 0.3) is 0 Å². The van der Waals surface area contributed by atoms with Gasteiger partial charge in [0.15, 0.2) is 10.4 Å². The van der Waals surface area contributed by atoms with Crippen LogP contribution in [0.3, 0.4) is 0 Å². The summed E-state index contributed by atoms with van der Waals surface area (Å²) in [4.78, 5) is 23.1. The van der Waals surface area contributed by atoms with E-state index in [0.717, 1.165) is 18.2 Å². The van der Waals surface area contributed by atoms with Gasteiger partial charge in [-0.2, -0.15) is 13.2 Å². The summed E-state index contributed by atoms with van der Waals surface area (Å²) in [5.41, 5.74) is 3.05. The Morgan fingerprint density at radius 2 is 1.83 bits per heavy atom. The van der Waals surface area contributed by atoms with Gasteiger partial charge in [0.2, 0.25) is 0 Å². The highest BCUT2D eigenvalue weighted by Crippen LogP contribution is 2.30. The Hall–Kier alpha value is -2.49. The lowest BCUT2D eigenvalue weighted by Crippen LogP contribution is -2.43. The summed E-state index contributed by atoms with van der Waals surface area (Å²) in [6, 6.07) is 6.01. The number of carbonyl (C=O) groups excluding carboxylic acids is 2. The minimum atomic E-state index is -4.52. The highest BCUT2D eigenvalue weighted by Gasteiger charge is 2.30. The summed E-state index contributed by atoms with van der Waals surface area (Å²) in [6.45, 7) is 0. The standard InChI is InChI=1S/C13H9BrF3N3O3/c14-10-5-4-9(23-10)11(21)19-20-12(22)18-8-3-1-2-7(6-8)13(15,16)17/h1-6H,(H,19,21)(H2,18,20,22). The molecular weight excluding hydrogens is 383 g/mol. The molecule has 0 aliphatic rings.